The van der Waals surface area contributed by atoms with Gasteiger partial charge in [-0.1, -0.05) is 24.3 Å². The molecule has 42 heavy (non-hydrogen) atoms. The summed E-state index contributed by atoms with van der Waals surface area (Å²) in [5.41, 5.74) is 7.09. The van der Waals surface area contributed by atoms with Gasteiger partial charge in [0.1, 0.15) is 23.1 Å². The summed E-state index contributed by atoms with van der Waals surface area (Å²) in [4.78, 5) is 37.1. The van der Waals surface area contributed by atoms with Crippen molar-refractivity contribution in [2.75, 3.05) is 12.8 Å². The quantitative estimate of drug-likeness (QED) is 0.244. The largest absolute Gasteiger partial charge is 0.493 e. The maximum Gasteiger partial charge on any atom is 0.341 e. The van der Waals surface area contributed by atoms with Crippen LogP contribution in [0.1, 0.15) is 48.8 Å². The van der Waals surface area contributed by atoms with Crippen molar-refractivity contribution in [1.29, 1.82) is 0 Å². The lowest BCUT2D eigenvalue weighted by Crippen LogP contribution is -2.23. The number of ether oxygens (including phenoxy) is 3. The van der Waals surface area contributed by atoms with Gasteiger partial charge >= 0.3 is 12.0 Å². The van der Waals surface area contributed by atoms with E-state index in [4.69, 9.17) is 19.9 Å². The number of nitrogens with two attached hydrogens (primary N) is 1. The van der Waals surface area contributed by atoms with Gasteiger partial charge in [-0.3, -0.25) is 14.5 Å². The molecule has 0 aliphatic rings. The number of carbonyl (C=O) groups is 1. The Morgan fingerprint density at radius 2 is 1.69 bits per heavy atom. The molecule has 0 amide bonds. The first kappa shape index (κ1) is 28.0. The number of fused-ring (bicyclic) bond motifs is 1. The highest BCUT2D eigenvalue weighted by atomic mass is 16.5. The highest BCUT2D eigenvalue weighted by Gasteiger charge is 2.19. The number of benzene rings is 2. The monoisotopic (exact) mass is 568 g/mol. The van der Waals surface area contributed by atoms with Gasteiger partial charge in [0, 0.05) is 35.5 Å². The first-order valence-electron chi connectivity index (χ1n) is 13.0. The van der Waals surface area contributed by atoms with Crippen LogP contribution in [0, 0.1) is 0 Å². The summed E-state index contributed by atoms with van der Waals surface area (Å²) in [5.74, 6) is 0.0970. The van der Waals surface area contributed by atoms with Gasteiger partial charge in [-0.25, -0.2) is 14.8 Å². The van der Waals surface area contributed by atoms with Crippen molar-refractivity contribution in [1.82, 2.24) is 24.7 Å². The number of aromatic carboxylic acids is 1. The molecule has 0 radical (unpaired) electrons. The Bertz CT molecular complexity index is 1820. The first-order chi connectivity index (χ1) is 20.1. The van der Waals surface area contributed by atoms with E-state index in [9.17, 15) is 14.7 Å². The van der Waals surface area contributed by atoms with Crippen LogP contribution < -0.4 is 25.4 Å². The number of carboxylic acids is 1. The summed E-state index contributed by atoms with van der Waals surface area (Å²) < 4.78 is 19.2. The van der Waals surface area contributed by atoms with Crippen molar-refractivity contribution >= 4 is 22.6 Å². The highest BCUT2D eigenvalue weighted by Crippen LogP contribution is 2.38. The summed E-state index contributed by atoms with van der Waals surface area (Å²) in [5, 5.41) is 14.6. The van der Waals surface area contributed by atoms with Crippen molar-refractivity contribution in [2.45, 2.75) is 32.9 Å². The number of anilines is 1. The van der Waals surface area contributed by atoms with Gasteiger partial charge in [-0.2, -0.15) is 5.10 Å². The zero-order valence-corrected chi connectivity index (χ0v) is 23.3. The van der Waals surface area contributed by atoms with Crippen molar-refractivity contribution in [3.63, 3.8) is 0 Å². The zero-order valence-electron chi connectivity index (χ0n) is 23.3. The van der Waals surface area contributed by atoms with Gasteiger partial charge in [0.05, 0.1) is 30.7 Å². The maximum atomic E-state index is 12.9. The Morgan fingerprint density at radius 1 is 0.976 bits per heavy atom. The van der Waals surface area contributed by atoms with E-state index in [1.165, 1.54) is 30.4 Å². The lowest BCUT2D eigenvalue weighted by atomic mass is 10.0. The van der Waals surface area contributed by atoms with E-state index in [0.29, 0.717) is 39.4 Å². The van der Waals surface area contributed by atoms with Gasteiger partial charge in [0.2, 0.25) is 5.43 Å². The Kier molecular flexibility index (Phi) is 7.69. The van der Waals surface area contributed by atoms with Crippen LogP contribution in [-0.4, -0.2) is 42.9 Å². The average molecular weight is 569 g/mol. The van der Waals surface area contributed by atoms with Crippen LogP contribution in [0.3, 0.4) is 0 Å². The van der Waals surface area contributed by atoms with Crippen LogP contribution in [-0.2, 0) is 0 Å². The SMILES string of the molecule is COc1cc2nccc(Oc3ncc(N)cn3)c2cc1OC(C)c1ccc(-c2nn(C(C)C)cc(C(=O)O)c2=O)cc1. The zero-order chi connectivity index (χ0) is 30.0. The van der Waals surface area contributed by atoms with Gasteiger partial charge in [0.15, 0.2) is 11.5 Å². The van der Waals surface area contributed by atoms with Crippen LogP contribution >= 0.6 is 0 Å². The van der Waals surface area contributed by atoms with Crippen LogP contribution in [0.5, 0.6) is 23.3 Å². The topological polar surface area (TPSA) is 165 Å². The van der Waals surface area contributed by atoms with E-state index in [2.05, 4.69) is 20.1 Å². The molecule has 5 aromatic rings. The number of carboxylic acid groups (broad SMARTS) is 1. The smallest absolute Gasteiger partial charge is 0.341 e. The lowest BCUT2D eigenvalue weighted by Gasteiger charge is -2.19. The number of methoxy groups -OCH3 is 1. The summed E-state index contributed by atoms with van der Waals surface area (Å²) in [6.07, 6.45) is 5.34. The molecule has 3 heterocycles. The van der Waals surface area contributed by atoms with E-state index >= 15 is 0 Å². The molecule has 0 saturated heterocycles. The number of nitrogen functional groups attached to an aromatic ring is 1. The third kappa shape index (κ3) is 5.68. The van der Waals surface area contributed by atoms with Crippen LogP contribution in [0.15, 0.2) is 72.0 Å². The molecular weight excluding hydrogens is 540 g/mol. The Hall–Kier alpha value is -5.52. The molecule has 12 heteroatoms. The van der Waals surface area contributed by atoms with Crippen molar-refractivity contribution in [2.24, 2.45) is 0 Å². The lowest BCUT2D eigenvalue weighted by molar-refractivity contribution is 0.0694. The summed E-state index contributed by atoms with van der Waals surface area (Å²) in [6, 6.07) is 12.3. The second-order valence-corrected chi connectivity index (χ2v) is 9.71. The van der Waals surface area contributed by atoms with Crippen LogP contribution in [0.4, 0.5) is 5.69 Å². The number of nitrogens with zero attached hydrogens (tertiary/aromatic N) is 5. The Labute approximate surface area is 240 Å². The second kappa shape index (κ2) is 11.5. The summed E-state index contributed by atoms with van der Waals surface area (Å²) in [6.45, 7) is 5.58. The van der Waals surface area contributed by atoms with E-state index in [1.807, 2.05) is 20.8 Å². The second-order valence-electron chi connectivity index (χ2n) is 9.71. The molecule has 1 atom stereocenters. The van der Waals surface area contributed by atoms with Crippen LogP contribution in [0.25, 0.3) is 22.2 Å². The van der Waals surface area contributed by atoms with Crippen molar-refractivity contribution < 1.29 is 24.1 Å². The van der Waals surface area contributed by atoms with Crippen molar-refractivity contribution in [3.8, 4) is 34.5 Å². The van der Waals surface area contributed by atoms with Gasteiger partial charge in [-0.05, 0) is 38.5 Å². The predicted octanol–water partition coefficient (Wildman–Crippen LogP) is 5.05. The molecule has 5 rings (SSSR count). The number of hydrogen-bond acceptors (Lipinski definition) is 10. The highest BCUT2D eigenvalue weighted by molar-refractivity contribution is 5.89. The van der Waals surface area contributed by atoms with E-state index in [0.717, 1.165) is 5.56 Å². The standard InChI is InChI=1S/C30H28N6O6/c1-16(2)36-15-22(29(38)39)28(37)27(35-36)19-7-5-18(6-8-19)17(3)41-26-11-21-23(12-25(26)40-4)32-10-9-24(21)42-30-33-13-20(31)14-34-30/h5-17H,31H2,1-4H3,(H,38,39). The van der Waals surface area contributed by atoms with Gasteiger partial charge in [-0.15, -0.1) is 0 Å². The minimum Gasteiger partial charge on any atom is -0.493 e. The first-order valence-corrected chi connectivity index (χ1v) is 13.0. The Morgan fingerprint density at radius 3 is 2.33 bits per heavy atom. The maximum absolute atomic E-state index is 12.9. The fourth-order valence-corrected chi connectivity index (χ4v) is 4.23. The fraction of sp³-hybridized carbons (Fsp3) is 0.200. The molecule has 12 nitrogen and oxygen atoms in total. The summed E-state index contributed by atoms with van der Waals surface area (Å²) in [7, 11) is 1.54. The molecular formula is C30H28N6O6. The van der Waals surface area contributed by atoms with Gasteiger partial charge < -0.3 is 25.1 Å². The molecule has 0 aliphatic heterocycles. The Balaban J connectivity index is 1.44. The molecule has 0 aliphatic carbocycles. The molecule has 0 bridgehead atoms. The predicted molar refractivity (Wildman–Crippen MR) is 155 cm³/mol. The molecule has 0 fully saturated rings. The third-order valence-corrected chi connectivity index (χ3v) is 6.49. The minimum atomic E-state index is -1.30. The minimum absolute atomic E-state index is 0.0602. The third-order valence-electron chi connectivity index (χ3n) is 6.49. The van der Waals surface area contributed by atoms with E-state index in [1.54, 1.807) is 48.7 Å². The van der Waals surface area contributed by atoms with E-state index in [-0.39, 0.29) is 23.3 Å². The molecule has 0 saturated carbocycles. The number of aromatic nitrogens is 5. The molecule has 0 spiro atoms. The molecule has 3 aromatic heterocycles. The number of rotatable bonds is 9. The van der Waals surface area contributed by atoms with Crippen molar-refractivity contribution in [3.05, 3.63) is 88.6 Å². The number of pyridine rings is 1. The molecule has 1 unspecified atom stereocenters. The molecule has 3 N–H and O–H groups in total. The number of hydrogen-bond donors (Lipinski definition) is 2. The fourth-order valence-electron chi connectivity index (χ4n) is 4.23. The average Bonchev–Trinajstić information content (AvgIpc) is 2.98. The van der Waals surface area contributed by atoms with Gasteiger partial charge in [0.25, 0.3) is 0 Å². The normalized spacial score (nSPS) is 11.8. The van der Waals surface area contributed by atoms with Crippen LogP contribution in [0.2, 0.25) is 0 Å². The molecule has 214 valence electrons. The molecule has 2 aromatic carbocycles. The summed E-state index contributed by atoms with van der Waals surface area (Å²) >= 11 is 0. The van der Waals surface area contributed by atoms with E-state index < -0.39 is 17.5 Å².